The van der Waals surface area contributed by atoms with Gasteiger partial charge in [-0.25, -0.2) is 8.42 Å². The summed E-state index contributed by atoms with van der Waals surface area (Å²) in [5.74, 6) is 0.190. The molecule has 0 N–H and O–H groups in total. The molecule has 6 heteroatoms. The largest absolute Gasteiger partial charge is 0.265 e. The fourth-order valence-corrected chi connectivity index (χ4v) is 4.40. The van der Waals surface area contributed by atoms with Crippen molar-refractivity contribution in [1.29, 1.82) is 0 Å². The van der Waals surface area contributed by atoms with Crippen molar-refractivity contribution in [1.82, 2.24) is 9.29 Å². The van der Waals surface area contributed by atoms with Gasteiger partial charge in [0.2, 0.25) is 10.0 Å². The quantitative estimate of drug-likeness (QED) is 0.669. The number of halogens is 1. The first kappa shape index (κ1) is 15.9. The lowest BCUT2D eigenvalue weighted by Gasteiger charge is -2.36. The molecule has 0 aliphatic heterocycles. The van der Waals surface area contributed by atoms with Crippen molar-refractivity contribution in [3.63, 3.8) is 0 Å². The highest BCUT2D eigenvalue weighted by Gasteiger charge is 2.32. The van der Waals surface area contributed by atoms with Crippen molar-refractivity contribution in [3.05, 3.63) is 30.1 Å². The molecule has 1 aromatic rings. The van der Waals surface area contributed by atoms with Crippen LogP contribution >= 0.6 is 15.9 Å². The van der Waals surface area contributed by atoms with Gasteiger partial charge in [0.1, 0.15) is 0 Å². The third kappa shape index (κ3) is 4.27. The van der Waals surface area contributed by atoms with Crippen molar-refractivity contribution in [2.75, 3.05) is 17.6 Å². The van der Waals surface area contributed by atoms with E-state index in [1.165, 1.54) is 0 Å². The van der Waals surface area contributed by atoms with Gasteiger partial charge in [-0.2, -0.15) is 4.31 Å². The summed E-state index contributed by atoms with van der Waals surface area (Å²) in [7, 11) is -3.16. The van der Waals surface area contributed by atoms with E-state index in [0.29, 0.717) is 13.0 Å². The van der Waals surface area contributed by atoms with Crippen molar-refractivity contribution in [3.8, 4) is 0 Å². The van der Waals surface area contributed by atoms with Gasteiger partial charge < -0.3 is 0 Å². The molecule has 0 aromatic carbocycles. The van der Waals surface area contributed by atoms with Crippen LogP contribution in [-0.4, -0.2) is 41.4 Å². The summed E-state index contributed by atoms with van der Waals surface area (Å²) >= 11 is 3.38. The van der Waals surface area contributed by atoms with Crippen LogP contribution in [0.5, 0.6) is 0 Å². The number of aryl methyl sites for hydroxylation is 1. The molecular weight excluding hydrogens is 340 g/mol. The average molecular weight is 361 g/mol. The number of sulfonamides is 1. The maximum Gasteiger partial charge on any atom is 0.214 e. The summed E-state index contributed by atoms with van der Waals surface area (Å²) in [5, 5.41) is 0.843. The number of hydrogen-bond acceptors (Lipinski definition) is 3. The highest BCUT2D eigenvalue weighted by Crippen LogP contribution is 2.27. The van der Waals surface area contributed by atoms with E-state index in [2.05, 4.69) is 20.9 Å². The average Bonchev–Trinajstić information content (AvgIpc) is 2.40. The van der Waals surface area contributed by atoms with Gasteiger partial charge in [-0.3, -0.25) is 4.98 Å². The Labute approximate surface area is 129 Å². The summed E-state index contributed by atoms with van der Waals surface area (Å²) in [6, 6.07) is 3.99. The Balaban J connectivity index is 1.98. The Bertz CT molecular complexity index is 503. The van der Waals surface area contributed by atoms with Crippen LogP contribution in [0, 0.1) is 0 Å². The van der Waals surface area contributed by atoms with Crippen molar-refractivity contribution in [2.24, 2.45) is 0 Å². The van der Waals surface area contributed by atoms with E-state index in [0.717, 1.165) is 36.6 Å². The first-order valence-corrected chi connectivity index (χ1v) is 9.81. The van der Waals surface area contributed by atoms with Gasteiger partial charge >= 0.3 is 0 Å². The van der Waals surface area contributed by atoms with Gasteiger partial charge in [-0.15, -0.1) is 0 Å². The van der Waals surface area contributed by atoms with Gasteiger partial charge in [0, 0.05) is 30.3 Å². The number of aromatic nitrogens is 1. The molecule has 112 valence electrons. The lowest BCUT2D eigenvalue weighted by molar-refractivity contribution is 0.220. The first-order valence-electron chi connectivity index (χ1n) is 7.08. The highest BCUT2D eigenvalue weighted by molar-refractivity contribution is 9.09. The Morgan fingerprint density at radius 2 is 2.00 bits per heavy atom. The lowest BCUT2D eigenvalue weighted by atomic mass is 9.93. The molecule has 0 bridgehead atoms. The lowest BCUT2D eigenvalue weighted by Crippen LogP contribution is -2.46. The molecule has 4 nitrogen and oxygen atoms in total. The number of hydrogen-bond donors (Lipinski definition) is 0. The normalized spacial score (nSPS) is 16.3. The van der Waals surface area contributed by atoms with Crippen LogP contribution < -0.4 is 0 Å². The highest BCUT2D eigenvalue weighted by atomic mass is 79.9. The number of nitrogens with zero attached hydrogens (tertiary/aromatic N) is 2. The SMILES string of the molecule is O=S(=O)(CCc1ccncc1)N(CCCBr)C1CCC1. The van der Waals surface area contributed by atoms with Crippen LogP contribution in [0.15, 0.2) is 24.5 Å². The Hall–Kier alpha value is -0.460. The second kappa shape index (κ2) is 7.52. The molecule has 1 saturated carbocycles. The molecule has 20 heavy (non-hydrogen) atoms. The summed E-state index contributed by atoms with van der Waals surface area (Å²) < 4.78 is 26.8. The zero-order chi connectivity index (χ0) is 14.4. The van der Waals surface area contributed by atoms with E-state index < -0.39 is 10.0 Å². The number of pyridine rings is 1. The number of alkyl halides is 1. The second-order valence-electron chi connectivity index (χ2n) is 5.16. The zero-order valence-electron chi connectivity index (χ0n) is 11.5. The van der Waals surface area contributed by atoms with E-state index in [1.54, 1.807) is 16.7 Å². The predicted molar refractivity (Wildman–Crippen MR) is 84.5 cm³/mol. The topological polar surface area (TPSA) is 50.3 Å². The summed E-state index contributed by atoms with van der Waals surface area (Å²) in [5.41, 5.74) is 1.03. The van der Waals surface area contributed by atoms with Crippen LogP contribution in [-0.2, 0) is 16.4 Å². The third-order valence-electron chi connectivity index (χ3n) is 3.75. The van der Waals surface area contributed by atoms with Crippen LogP contribution in [0.4, 0.5) is 0 Å². The molecule has 1 heterocycles. The zero-order valence-corrected chi connectivity index (χ0v) is 13.9. The first-order chi connectivity index (χ1) is 9.63. The van der Waals surface area contributed by atoms with E-state index >= 15 is 0 Å². The monoisotopic (exact) mass is 360 g/mol. The summed E-state index contributed by atoms with van der Waals surface area (Å²) in [6.07, 6.45) is 8.00. The van der Waals surface area contributed by atoms with E-state index in [4.69, 9.17) is 0 Å². The molecule has 0 radical (unpaired) electrons. The molecule has 0 spiro atoms. The van der Waals surface area contributed by atoms with Crippen molar-refractivity contribution >= 4 is 26.0 Å². The third-order valence-corrected chi connectivity index (χ3v) is 6.23. The van der Waals surface area contributed by atoms with Gasteiger partial charge in [0.15, 0.2) is 0 Å². The van der Waals surface area contributed by atoms with Gasteiger partial charge in [0.25, 0.3) is 0 Å². The fourth-order valence-electron chi connectivity index (χ4n) is 2.35. The minimum atomic E-state index is -3.16. The summed E-state index contributed by atoms with van der Waals surface area (Å²) in [4.78, 5) is 3.95. The van der Waals surface area contributed by atoms with Gasteiger partial charge in [-0.05, 0) is 43.4 Å². The standard InChI is InChI=1S/C14H21BrN2O2S/c15-8-2-11-17(14-3-1-4-14)20(18,19)12-7-13-5-9-16-10-6-13/h5-6,9-10,14H,1-4,7-8,11-12H2. The number of rotatable bonds is 8. The Morgan fingerprint density at radius 3 is 2.55 bits per heavy atom. The van der Waals surface area contributed by atoms with E-state index in [1.807, 2.05) is 12.1 Å². The van der Waals surface area contributed by atoms with E-state index in [-0.39, 0.29) is 11.8 Å². The second-order valence-corrected chi connectivity index (χ2v) is 7.99. The molecule has 0 atom stereocenters. The van der Waals surface area contributed by atoms with Crippen molar-refractivity contribution in [2.45, 2.75) is 38.1 Å². The molecule has 0 amide bonds. The predicted octanol–water partition coefficient (Wildman–Crippen LogP) is 2.59. The maximum absolute atomic E-state index is 12.5. The maximum atomic E-state index is 12.5. The molecule has 0 unspecified atom stereocenters. The van der Waals surface area contributed by atoms with Crippen LogP contribution in [0.3, 0.4) is 0 Å². The van der Waals surface area contributed by atoms with Gasteiger partial charge in [-0.1, -0.05) is 22.4 Å². The van der Waals surface area contributed by atoms with Crippen molar-refractivity contribution < 1.29 is 8.42 Å². The Morgan fingerprint density at radius 1 is 1.30 bits per heavy atom. The summed E-state index contributed by atoms with van der Waals surface area (Å²) in [6.45, 7) is 0.634. The molecular formula is C14H21BrN2O2S. The van der Waals surface area contributed by atoms with Gasteiger partial charge in [0.05, 0.1) is 5.75 Å². The molecule has 1 aliphatic rings. The molecule has 1 aliphatic carbocycles. The van der Waals surface area contributed by atoms with E-state index in [9.17, 15) is 8.42 Å². The molecule has 1 fully saturated rings. The van der Waals surface area contributed by atoms with Crippen LogP contribution in [0.1, 0.15) is 31.2 Å². The molecule has 1 aromatic heterocycles. The molecule has 2 rings (SSSR count). The minimum Gasteiger partial charge on any atom is -0.265 e. The van der Waals surface area contributed by atoms with Crippen LogP contribution in [0.2, 0.25) is 0 Å². The molecule has 0 saturated heterocycles. The minimum absolute atomic E-state index is 0.190. The Kier molecular flexibility index (Phi) is 5.99. The fraction of sp³-hybridized carbons (Fsp3) is 0.643. The smallest absolute Gasteiger partial charge is 0.214 e. The van der Waals surface area contributed by atoms with Crippen LogP contribution in [0.25, 0.3) is 0 Å².